The summed E-state index contributed by atoms with van der Waals surface area (Å²) in [6.07, 6.45) is 4.63. The van der Waals surface area contributed by atoms with E-state index in [9.17, 15) is 9.18 Å². The van der Waals surface area contributed by atoms with Gasteiger partial charge in [-0.25, -0.2) is 9.18 Å². The topological polar surface area (TPSA) is 44.4 Å². The first-order valence-electron chi connectivity index (χ1n) is 7.16. The molecule has 0 aromatic heterocycles. The molecule has 2 N–H and O–H groups in total. The molecule has 2 rings (SSSR count). The minimum atomic E-state index is -0.350. The van der Waals surface area contributed by atoms with Gasteiger partial charge < -0.3 is 15.5 Å². The van der Waals surface area contributed by atoms with Gasteiger partial charge in [0.2, 0.25) is 0 Å². The molecule has 1 unspecified atom stereocenters. The van der Waals surface area contributed by atoms with Crippen molar-refractivity contribution >= 4 is 11.7 Å². The summed E-state index contributed by atoms with van der Waals surface area (Å²) < 4.78 is 13.0. The molecule has 1 fully saturated rings. The second-order valence-corrected chi connectivity index (χ2v) is 5.30. The molecular weight excluding hydrogens is 257 g/mol. The van der Waals surface area contributed by atoms with Crippen LogP contribution in [0.3, 0.4) is 0 Å². The first-order chi connectivity index (χ1) is 9.65. The normalized spacial score (nSPS) is 18.6. The molecule has 2 amide bonds. The summed E-state index contributed by atoms with van der Waals surface area (Å²) >= 11 is 0. The molecule has 20 heavy (non-hydrogen) atoms. The predicted molar refractivity (Wildman–Crippen MR) is 78.3 cm³/mol. The summed E-state index contributed by atoms with van der Waals surface area (Å²) in [6.45, 7) is 1.77. The monoisotopic (exact) mass is 279 g/mol. The van der Waals surface area contributed by atoms with Crippen molar-refractivity contribution in [1.29, 1.82) is 0 Å². The minimum Gasteiger partial charge on any atom is -0.328 e. The van der Waals surface area contributed by atoms with Crippen molar-refractivity contribution in [3.63, 3.8) is 0 Å². The molecule has 1 saturated heterocycles. The molecule has 0 aliphatic carbocycles. The van der Waals surface area contributed by atoms with Crippen LogP contribution >= 0.6 is 0 Å². The number of nitrogens with one attached hydrogen (secondary N) is 2. The standard InChI is InChI=1S/C15H22FN3O/c1-19(10-8-13-6-2-3-9-17-13)15(20)18-14-7-4-5-12(16)11-14/h4-5,7,11,13,17H,2-3,6,8-10H2,1H3,(H,18,20). The number of halogens is 1. The molecule has 0 radical (unpaired) electrons. The van der Waals surface area contributed by atoms with Crippen LogP contribution in [0.15, 0.2) is 24.3 Å². The lowest BCUT2D eigenvalue weighted by atomic mass is 10.0. The van der Waals surface area contributed by atoms with Crippen molar-refractivity contribution in [3.8, 4) is 0 Å². The van der Waals surface area contributed by atoms with E-state index in [0.29, 0.717) is 18.3 Å². The van der Waals surface area contributed by atoms with Gasteiger partial charge in [0.05, 0.1) is 0 Å². The van der Waals surface area contributed by atoms with Gasteiger partial charge in [-0.2, -0.15) is 0 Å². The minimum absolute atomic E-state index is 0.202. The number of anilines is 1. The van der Waals surface area contributed by atoms with Crippen LogP contribution in [-0.4, -0.2) is 37.1 Å². The lowest BCUT2D eigenvalue weighted by molar-refractivity contribution is 0.218. The maximum atomic E-state index is 13.0. The fourth-order valence-corrected chi connectivity index (χ4v) is 2.41. The highest BCUT2D eigenvalue weighted by atomic mass is 19.1. The molecule has 5 heteroatoms. The maximum Gasteiger partial charge on any atom is 0.321 e. The predicted octanol–water partition coefficient (Wildman–Crippen LogP) is 2.82. The molecule has 1 heterocycles. The molecular formula is C15H22FN3O. The lowest BCUT2D eigenvalue weighted by Crippen LogP contribution is -2.39. The Balaban J connectivity index is 1.76. The van der Waals surface area contributed by atoms with Gasteiger partial charge in [-0.3, -0.25) is 0 Å². The van der Waals surface area contributed by atoms with Gasteiger partial charge >= 0.3 is 6.03 Å². The van der Waals surface area contributed by atoms with Crippen LogP contribution < -0.4 is 10.6 Å². The fourth-order valence-electron chi connectivity index (χ4n) is 2.41. The SMILES string of the molecule is CN(CCC1CCCCN1)C(=O)Nc1cccc(F)c1. The Labute approximate surface area is 119 Å². The molecule has 0 bridgehead atoms. The number of piperidine rings is 1. The van der Waals surface area contributed by atoms with Gasteiger partial charge in [0.25, 0.3) is 0 Å². The zero-order chi connectivity index (χ0) is 14.4. The van der Waals surface area contributed by atoms with E-state index in [1.807, 2.05) is 0 Å². The number of carbonyl (C=O) groups excluding carboxylic acids is 1. The zero-order valence-corrected chi connectivity index (χ0v) is 11.9. The summed E-state index contributed by atoms with van der Waals surface area (Å²) in [5, 5.41) is 6.16. The van der Waals surface area contributed by atoms with Crippen LogP contribution in [0, 0.1) is 5.82 Å². The van der Waals surface area contributed by atoms with Crippen molar-refractivity contribution in [2.75, 3.05) is 25.5 Å². The van der Waals surface area contributed by atoms with E-state index in [-0.39, 0.29) is 11.8 Å². The van der Waals surface area contributed by atoms with E-state index in [1.165, 1.54) is 31.4 Å². The molecule has 1 aliphatic rings. The number of amides is 2. The van der Waals surface area contributed by atoms with Crippen LogP contribution in [0.1, 0.15) is 25.7 Å². The summed E-state index contributed by atoms with van der Waals surface area (Å²) in [5.74, 6) is -0.350. The molecule has 1 aromatic rings. The van der Waals surface area contributed by atoms with Crippen LogP contribution in [0.4, 0.5) is 14.9 Å². The van der Waals surface area contributed by atoms with E-state index in [2.05, 4.69) is 10.6 Å². The Bertz CT molecular complexity index is 446. The van der Waals surface area contributed by atoms with Crippen molar-refractivity contribution < 1.29 is 9.18 Å². The Kier molecular flexibility index (Phi) is 5.35. The van der Waals surface area contributed by atoms with E-state index in [0.717, 1.165) is 13.0 Å². The van der Waals surface area contributed by atoms with E-state index < -0.39 is 0 Å². The van der Waals surface area contributed by atoms with Crippen LogP contribution in [0.5, 0.6) is 0 Å². The first kappa shape index (κ1) is 14.8. The molecule has 4 nitrogen and oxygen atoms in total. The Hall–Kier alpha value is -1.62. The molecule has 1 atom stereocenters. The third-order valence-electron chi connectivity index (χ3n) is 3.65. The maximum absolute atomic E-state index is 13.0. The number of urea groups is 1. The molecule has 110 valence electrons. The van der Waals surface area contributed by atoms with Gasteiger partial charge in [0.1, 0.15) is 5.82 Å². The second kappa shape index (κ2) is 7.24. The van der Waals surface area contributed by atoms with Crippen LogP contribution in [-0.2, 0) is 0 Å². The average molecular weight is 279 g/mol. The number of rotatable bonds is 4. The fraction of sp³-hybridized carbons (Fsp3) is 0.533. The Morgan fingerprint density at radius 1 is 1.50 bits per heavy atom. The molecule has 1 aromatic carbocycles. The third-order valence-corrected chi connectivity index (χ3v) is 3.65. The Morgan fingerprint density at radius 2 is 2.35 bits per heavy atom. The number of benzene rings is 1. The third kappa shape index (κ3) is 4.49. The van der Waals surface area contributed by atoms with Gasteiger partial charge in [0, 0.05) is 25.3 Å². The summed E-state index contributed by atoms with van der Waals surface area (Å²) in [7, 11) is 1.76. The number of hydrogen-bond donors (Lipinski definition) is 2. The first-order valence-corrected chi connectivity index (χ1v) is 7.16. The molecule has 0 spiro atoms. The zero-order valence-electron chi connectivity index (χ0n) is 11.9. The quantitative estimate of drug-likeness (QED) is 0.890. The smallest absolute Gasteiger partial charge is 0.321 e. The van der Waals surface area contributed by atoms with E-state index >= 15 is 0 Å². The Morgan fingerprint density at radius 3 is 3.05 bits per heavy atom. The largest absolute Gasteiger partial charge is 0.328 e. The van der Waals surface area contributed by atoms with Crippen molar-refractivity contribution in [3.05, 3.63) is 30.1 Å². The highest BCUT2D eigenvalue weighted by Gasteiger charge is 2.15. The summed E-state index contributed by atoms with van der Waals surface area (Å²) in [5.41, 5.74) is 0.484. The lowest BCUT2D eigenvalue weighted by Gasteiger charge is -2.26. The summed E-state index contributed by atoms with van der Waals surface area (Å²) in [6, 6.07) is 6.23. The molecule has 0 saturated carbocycles. The van der Waals surface area contributed by atoms with E-state index in [1.54, 1.807) is 24.1 Å². The van der Waals surface area contributed by atoms with Crippen LogP contribution in [0.25, 0.3) is 0 Å². The van der Waals surface area contributed by atoms with Gasteiger partial charge in [0.15, 0.2) is 0 Å². The molecule has 1 aliphatic heterocycles. The van der Waals surface area contributed by atoms with Crippen molar-refractivity contribution in [2.24, 2.45) is 0 Å². The number of carbonyl (C=O) groups is 1. The van der Waals surface area contributed by atoms with Gasteiger partial charge in [-0.05, 0) is 44.0 Å². The second-order valence-electron chi connectivity index (χ2n) is 5.30. The van der Waals surface area contributed by atoms with Gasteiger partial charge in [-0.15, -0.1) is 0 Å². The van der Waals surface area contributed by atoms with Crippen LogP contribution in [0.2, 0.25) is 0 Å². The summed E-state index contributed by atoms with van der Waals surface area (Å²) in [4.78, 5) is 13.6. The average Bonchev–Trinajstić information content (AvgIpc) is 2.46. The highest BCUT2D eigenvalue weighted by molar-refractivity contribution is 5.89. The number of nitrogens with zero attached hydrogens (tertiary/aromatic N) is 1. The number of hydrogen-bond acceptors (Lipinski definition) is 2. The highest BCUT2D eigenvalue weighted by Crippen LogP contribution is 2.12. The van der Waals surface area contributed by atoms with Gasteiger partial charge in [-0.1, -0.05) is 12.5 Å². The van der Waals surface area contributed by atoms with E-state index in [4.69, 9.17) is 0 Å². The van der Waals surface area contributed by atoms with Crippen molar-refractivity contribution in [2.45, 2.75) is 31.7 Å². The van der Waals surface area contributed by atoms with Crippen molar-refractivity contribution in [1.82, 2.24) is 10.2 Å².